The van der Waals surface area contributed by atoms with Crippen LogP contribution >= 0.6 is 0 Å². The standard InChI is InChI=1S/C21H23F3O4/c1-14(12-20(25)26-3)15(2)28-19-10-8-18(9-11-19)27-13-16-4-6-17(7-5-16)21(22,23)24/h4-11,14-15H,12-13H2,1-3H3. The van der Waals surface area contributed by atoms with Crippen LogP contribution in [-0.4, -0.2) is 19.2 Å². The lowest BCUT2D eigenvalue weighted by molar-refractivity contribution is -0.142. The lowest BCUT2D eigenvalue weighted by atomic mass is 10.0. The van der Waals surface area contributed by atoms with E-state index in [4.69, 9.17) is 9.47 Å². The fourth-order valence-electron chi connectivity index (χ4n) is 2.41. The molecule has 7 heteroatoms. The summed E-state index contributed by atoms with van der Waals surface area (Å²) in [7, 11) is 1.35. The van der Waals surface area contributed by atoms with Gasteiger partial charge in [-0.15, -0.1) is 0 Å². The summed E-state index contributed by atoms with van der Waals surface area (Å²) >= 11 is 0. The normalized spacial score (nSPS) is 13.5. The van der Waals surface area contributed by atoms with Crippen LogP contribution < -0.4 is 9.47 Å². The van der Waals surface area contributed by atoms with Gasteiger partial charge in [-0.25, -0.2) is 0 Å². The van der Waals surface area contributed by atoms with E-state index in [1.807, 2.05) is 13.8 Å². The molecule has 2 aromatic rings. The van der Waals surface area contributed by atoms with Gasteiger partial charge >= 0.3 is 12.1 Å². The van der Waals surface area contributed by atoms with Gasteiger partial charge in [-0.1, -0.05) is 19.1 Å². The predicted octanol–water partition coefficient (Wildman–Crippen LogP) is 5.25. The molecule has 0 amide bonds. The number of hydrogen-bond donors (Lipinski definition) is 0. The molecule has 2 rings (SSSR count). The summed E-state index contributed by atoms with van der Waals surface area (Å²) in [5.74, 6) is 0.909. The van der Waals surface area contributed by atoms with Crippen LogP contribution in [0.1, 0.15) is 31.4 Å². The molecule has 0 saturated heterocycles. The lowest BCUT2D eigenvalue weighted by Gasteiger charge is -2.20. The van der Waals surface area contributed by atoms with E-state index >= 15 is 0 Å². The molecule has 0 aliphatic heterocycles. The largest absolute Gasteiger partial charge is 0.490 e. The first kappa shape index (κ1) is 21.6. The zero-order valence-electron chi connectivity index (χ0n) is 16.0. The van der Waals surface area contributed by atoms with Gasteiger partial charge in [0.05, 0.1) is 25.2 Å². The summed E-state index contributed by atoms with van der Waals surface area (Å²) in [5.41, 5.74) is -0.0492. The van der Waals surface area contributed by atoms with E-state index in [-0.39, 0.29) is 31.0 Å². The maximum Gasteiger partial charge on any atom is 0.416 e. The Kier molecular flexibility index (Phi) is 7.31. The first-order valence-electron chi connectivity index (χ1n) is 8.81. The van der Waals surface area contributed by atoms with Crippen molar-refractivity contribution in [2.45, 2.75) is 39.2 Å². The summed E-state index contributed by atoms with van der Waals surface area (Å²) in [6.07, 6.45) is -4.26. The molecule has 0 fully saturated rings. The number of ether oxygens (including phenoxy) is 3. The molecule has 0 saturated carbocycles. The lowest BCUT2D eigenvalue weighted by Crippen LogP contribution is -2.24. The molecule has 0 aliphatic carbocycles. The predicted molar refractivity (Wildman–Crippen MR) is 98.1 cm³/mol. The van der Waals surface area contributed by atoms with E-state index < -0.39 is 11.7 Å². The van der Waals surface area contributed by atoms with Crippen molar-refractivity contribution in [3.05, 3.63) is 59.7 Å². The number of methoxy groups -OCH3 is 1. The second-order valence-electron chi connectivity index (χ2n) is 6.54. The minimum atomic E-state index is -4.35. The van der Waals surface area contributed by atoms with Crippen LogP contribution in [0.15, 0.2) is 48.5 Å². The van der Waals surface area contributed by atoms with Gasteiger partial charge in [0.25, 0.3) is 0 Å². The Bertz CT molecular complexity index is 755. The van der Waals surface area contributed by atoms with Crippen LogP contribution in [-0.2, 0) is 22.3 Å². The Labute approximate surface area is 162 Å². The topological polar surface area (TPSA) is 44.8 Å². The van der Waals surface area contributed by atoms with E-state index in [1.54, 1.807) is 24.3 Å². The maximum atomic E-state index is 12.6. The fraction of sp³-hybridized carbons (Fsp3) is 0.381. The van der Waals surface area contributed by atoms with Gasteiger partial charge in [0, 0.05) is 5.92 Å². The second-order valence-corrected chi connectivity index (χ2v) is 6.54. The number of esters is 1. The summed E-state index contributed by atoms with van der Waals surface area (Å²) in [4.78, 5) is 11.3. The molecular weight excluding hydrogens is 373 g/mol. The zero-order chi connectivity index (χ0) is 20.7. The molecule has 2 aromatic carbocycles. The zero-order valence-corrected chi connectivity index (χ0v) is 16.0. The first-order chi connectivity index (χ1) is 13.2. The Morgan fingerprint density at radius 2 is 1.54 bits per heavy atom. The molecule has 0 heterocycles. The minimum Gasteiger partial charge on any atom is -0.490 e. The summed E-state index contributed by atoms with van der Waals surface area (Å²) in [5, 5.41) is 0. The SMILES string of the molecule is COC(=O)CC(C)C(C)Oc1ccc(OCc2ccc(C(F)(F)F)cc2)cc1. The molecule has 0 N–H and O–H groups in total. The Morgan fingerprint density at radius 1 is 0.964 bits per heavy atom. The molecule has 28 heavy (non-hydrogen) atoms. The third-order valence-corrected chi connectivity index (χ3v) is 4.35. The molecule has 4 nitrogen and oxygen atoms in total. The van der Waals surface area contributed by atoms with Crippen LogP contribution in [0, 0.1) is 5.92 Å². The van der Waals surface area contributed by atoms with Crippen LogP contribution in [0.3, 0.4) is 0 Å². The number of benzene rings is 2. The van der Waals surface area contributed by atoms with Crippen molar-refractivity contribution in [2.75, 3.05) is 7.11 Å². The van der Waals surface area contributed by atoms with Crippen molar-refractivity contribution < 1.29 is 32.2 Å². The highest BCUT2D eigenvalue weighted by Gasteiger charge is 2.29. The van der Waals surface area contributed by atoms with Crippen molar-refractivity contribution in [2.24, 2.45) is 5.92 Å². The van der Waals surface area contributed by atoms with Crippen LogP contribution in [0.25, 0.3) is 0 Å². The first-order valence-corrected chi connectivity index (χ1v) is 8.81. The molecular formula is C21H23F3O4. The Morgan fingerprint density at radius 3 is 2.07 bits per heavy atom. The summed E-state index contributed by atoms with van der Waals surface area (Å²) < 4.78 is 53.8. The summed E-state index contributed by atoms with van der Waals surface area (Å²) in [6.45, 7) is 3.94. The molecule has 2 atom stereocenters. The summed E-state index contributed by atoms with van der Waals surface area (Å²) in [6, 6.07) is 11.8. The molecule has 2 unspecified atom stereocenters. The third-order valence-electron chi connectivity index (χ3n) is 4.35. The Balaban J connectivity index is 1.86. The van der Waals surface area contributed by atoms with Gasteiger partial charge < -0.3 is 14.2 Å². The van der Waals surface area contributed by atoms with E-state index in [0.29, 0.717) is 17.1 Å². The van der Waals surface area contributed by atoms with Crippen molar-refractivity contribution >= 4 is 5.97 Å². The van der Waals surface area contributed by atoms with E-state index in [1.165, 1.54) is 19.2 Å². The van der Waals surface area contributed by atoms with Crippen molar-refractivity contribution in [1.29, 1.82) is 0 Å². The number of carbonyl (C=O) groups excluding carboxylic acids is 1. The molecule has 0 aromatic heterocycles. The molecule has 0 bridgehead atoms. The monoisotopic (exact) mass is 396 g/mol. The van der Waals surface area contributed by atoms with Gasteiger partial charge in [-0.3, -0.25) is 4.79 Å². The molecule has 152 valence electrons. The molecule has 0 spiro atoms. The fourth-order valence-corrected chi connectivity index (χ4v) is 2.41. The van der Waals surface area contributed by atoms with Crippen molar-refractivity contribution in [1.82, 2.24) is 0 Å². The minimum absolute atomic E-state index is 0.0111. The average Bonchev–Trinajstić information content (AvgIpc) is 2.66. The molecule has 0 radical (unpaired) electrons. The van der Waals surface area contributed by atoms with Gasteiger partial charge in [0.15, 0.2) is 0 Å². The quantitative estimate of drug-likeness (QED) is 0.572. The van der Waals surface area contributed by atoms with Gasteiger partial charge in [-0.2, -0.15) is 13.2 Å². The Hall–Kier alpha value is -2.70. The number of carbonyl (C=O) groups is 1. The number of hydrogen-bond acceptors (Lipinski definition) is 4. The number of rotatable bonds is 8. The highest BCUT2D eigenvalue weighted by atomic mass is 19.4. The van der Waals surface area contributed by atoms with E-state index in [0.717, 1.165) is 12.1 Å². The van der Waals surface area contributed by atoms with E-state index in [2.05, 4.69) is 4.74 Å². The smallest absolute Gasteiger partial charge is 0.416 e. The van der Waals surface area contributed by atoms with Gasteiger partial charge in [0.1, 0.15) is 18.1 Å². The van der Waals surface area contributed by atoms with Crippen molar-refractivity contribution in [3.63, 3.8) is 0 Å². The van der Waals surface area contributed by atoms with E-state index in [9.17, 15) is 18.0 Å². The van der Waals surface area contributed by atoms with Gasteiger partial charge in [-0.05, 0) is 48.9 Å². The number of halogens is 3. The maximum absolute atomic E-state index is 12.6. The number of alkyl halides is 3. The second kappa shape index (κ2) is 9.48. The highest BCUT2D eigenvalue weighted by molar-refractivity contribution is 5.69. The van der Waals surface area contributed by atoms with Crippen LogP contribution in [0.2, 0.25) is 0 Å². The average molecular weight is 396 g/mol. The third kappa shape index (κ3) is 6.48. The van der Waals surface area contributed by atoms with Crippen LogP contribution in [0.5, 0.6) is 11.5 Å². The van der Waals surface area contributed by atoms with Gasteiger partial charge in [0.2, 0.25) is 0 Å². The highest BCUT2D eigenvalue weighted by Crippen LogP contribution is 2.29. The van der Waals surface area contributed by atoms with Crippen LogP contribution in [0.4, 0.5) is 13.2 Å². The molecule has 0 aliphatic rings. The van der Waals surface area contributed by atoms with Crippen molar-refractivity contribution in [3.8, 4) is 11.5 Å².